The normalized spacial score (nSPS) is 11.8. The van der Waals surface area contributed by atoms with Crippen LogP contribution in [0.15, 0.2) is 128 Å². The summed E-state index contributed by atoms with van der Waals surface area (Å²) in [5.41, 5.74) is 3.00. The van der Waals surface area contributed by atoms with E-state index in [2.05, 4.69) is 15.6 Å². The van der Waals surface area contributed by atoms with Crippen LogP contribution in [0.4, 0.5) is 11.4 Å². The fraction of sp³-hybridized carbons (Fsp3) is 0.195. The van der Waals surface area contributed by atoms with Gasteiger partial charge in [0.25, 0.3) is 11.8 Å². The summed E-state index contributed by atoms with van der Waals surface area (Å²) in [6, 6.07) is 33.7. The van der Waals surface area contributed by atoms with Crippen LogP contribution in [0.2, 0.25) is 0 Å². The van der Waals surface area contributed by atoms with E-state index in [0.29, 0.717) is 22.9 Å². The molecule has 0 saturated heterocycles. The van der Waals surface area contributed by atoms with Crippen molar-refractivity contribution in [1.29, 1.82) is 0 Å². The number of amides is 4. The third kappa shape index (κ3) is 9.39. The Kier molecular flexibility index (Phi) is 12.3. The molecule has 0 aliphatic carbocycles. The third-order valence-electron chi connectivity index (χ3n) is 8.61. The van der Waals surface area contributed by atoms with Gasteiger partial charge in [0.05, 0.1) is 14.2 Å². The molecule has 4 amide bonds. The molecule has 11 heteroatoms. The van der Waals surface area contributed by atoms with Crippen LogP contribution in [0.25, 0.3) is 0 Å². The number of rotatable bonds is 14. The lowest BCUT2D eigenvalue weighted by Gasteiger charge is -2.25. The van der Waals surface area contributed by atoms with Crippen molar-refractivity contribution in [3.8, 4) is 11.5 Å². The van der Waals surface area contributed by atoms with E-state index in [-0.39, 0.29) is 35.9 Å². The Bertz CT molecular complexity index is 1830. The molecule has 5 aromatic rings. The molecule has 0 fully saturated rings. The van der Waals surface area contributed by atoms with E-state index in [0.717, 1.165) is 11.1 Å². The number of nitrogens with zero attached hydrogens (tertiary/aromatic N) is 3. The average molecular weight is 700 g/mol. The van der Waals surface area contributed by atoms with Crippen LogP contribution in [0.1, 0.15) is 32.0 Å². The van der Waals surface area contributed by atoms with Crippen molar-refractivity contribution >= 4 is 35.0 Å². The number of hydrogen-bond acceptors (Lipinski definition) is 7. The number of ether oxygens (including phenoxy) is 2. The molecule has 0 radical (unpaired) electrons. The fourth-order valence-electron chi connectivity index (χ4n) is 5.60. The van der Waals surface area contributed by atoms with E-state index < -0.39 is 23.9 Å². The van der Waals surface area contributed by atoms with Gasteiger partial charge in [-0.25, -0.2) is 0 Å². The van der Waals surface area contributed by atoms with Crippen LogP contribution >= 0.6 is 0 Å². The smallest absolute Gasteiger partial charge is 0.270 e. The van der Waals surface area contributed by atoms with E-state index in [4.69, 9.17) is 9.47 Å². The summed E-state index contributed by atoms with van der Waals surface area (Å²) in [4.78, 5) is 62.2. The molecule has 0 aliphatic heterocycles. The van der Waals surface area contributed by atoms with Crippen LogP contribution < -0.4 is 29.9 Å². The minimum absolute atomic E-state index is 0.0631. The molecule has 52 heavy (non-hydrogen) atoms. The molecule has 1 unspecified atom stereocenters. The van der Waals surface area contributed by atoms with E-state index in [1.165, 1.54) is 28.1 Å². The highest BCUT2D eigenvalue weighted by molar-refractivity contribution is 6.04. The molecule has 2 N–H and O–H groups in total. The van der Waals surface area contributed by atoms with E-state index in [1.807, 2.05) is 60.7 Å². The largest absolute Gasteiger partial charge is 0.497 e. The Labute approximate surface area is 303 Å². The maximum atomic E-state index is 13.8. The molecule has 2 atom stereocenters. The molecule has 1 aromatic heterocycles. The minimum Gasteiger partial charge on any atom is -0.497 e. The zero-order valence-electron chi connectivity index (χ0n) is 29.5. The lowest BCUT2D eigenvalue weighted by molar-refractivity contribution is -0.120. The van der Waals surface area contributed by atoms with E-state index in [1.54, 1.807) is 76.8 Å². The van der Waals surface area contributed by atoms with Crippen molar-refractivity contribution in [3.05, 3.63) is 150 Å². The number of hydrogen-bond donors (Lipinski definition) is 2. The third-order valence-corrected chi connectivity index (χ3v) is 8.61. The number of pyridine rings is 1. The van der Waals surface area contributed by atoms with Crippen molar-refractivity contribution in [1.82, 2.24) is 15.6 Å². The summed E-state index contributed by atoms with van der Waals surface area (Å²) in [5, 5.41) is 5.70. The first-order valence-corrected chi connectivity index (χ1v) is 16.7. The molecular weight excluding hydrogens is 658 g/mol. The molecule has 4 aromatic carbocycles. The number of aromatic nitrogens is 1. The molecule has 1 heterocycles. The van der Waals surface area contributed by atoms with Crippen molar-refractivity contribution in [2.75, 3.05) is 38.1 Å². The SMILES string of the molecule is COc1ccc(N(C)C(=O)C(Cc2ccccc2)NC(=O)c2ccnc(C(=O)N[C@@H](Cc3ccccc3)C(=O)N(C)c3ccc(OC)cc3)c2)cc1. The van der Waals surface area contributed by atoms with Gasteiger partial charge in [-0.2, -0.15) is 0 Å². The zero-order chi connectivity index (χ0) is 37.0. The molecule has 11 nitrogen and oxygen atoms in total. The minimum atomic E-state index is -0.956. The summed E-state index contributed by atoms with van der Waals surface area (Å²) >= 11 is 0. The lowest BCUT2D eigenvalue weighted by atomic mass is 10.0. The molecule has 0 spiro atoms. The quantitative estimate of drug-likeness (QED) is 0.165. The standard InChI is InChI=1S/C41H41N5O6/c1-45(31-15-19-33(51-3)20-16-31)40(49)36(25-28-11-7-5-8-12-28)43-38(47)30-23-24-42-35(27-30)39(48)44-37(26-29-13-9-6-10-14-29)41(50)46(2)32-17-21-34(52-4)22-18-32/h5-24,27,36-37H,25-26H2,1-4H3,(H,43,47)(H,44,48)/t36?,37-/m0/s1. The number of benzene rings is 4. The van der Waals surface area contributed by atoms with Gasteiger partial charge in [0.15, 0.2) is 0 Å². The van der Waals surface area contributed by atoms with Gasteiger partial charge in [0, 0.05) is 50.1 Å². The van der Waals surface area contributed by atoms with Gasteiger partial charge in [-0.1, -0.05) is 60.7 Å². The van der Waals surface area contributed by atoms with Crippen molar-refractivity contribution in [2.45, 2.75) is 24.9 Å². The Morgan fingerprint density at radius 2 is 1.02 bits per heavy atom. The van der Waals surface area contributed by atoms with Crippen LogP contribution in [-0.4, -0.2) is 69.0 Å². The van der Waals surface area contributed by atoms with Gasteiger partial charge in [-0.15, -0.1) is 0 Å². The highest BCUT2D eigenvalue weighted by atomic mass is 16.5. The van der Waals surface area contributed by atoms with Gasteiger partial charge < -0.3 is 29.9 Å². The van der Waals surface area contributed by atoms with E-state index in [9.17, 15) is 19.2 Å². The second-order valence-corrected chi connectivity index (χ2v) is 12.1. The molecular formula is C41H41N5O6. The Hall–Kier alpha value is -6.49. The molecule has 0 bridgehead atoms. The Balaban J connectivity index is 1.35. The number of carbonyl (C=O) groups is 4. The highest BCUT2D eigenvalue weighted by Gasteiger charge is 2.28. The van der Waals surface area contributed by atoms with Crippen molar-refractivity contribution in [3.63, 3.8) is 0 Å². The number of methoxy groups -OCH3 is 2. The van der Waals surface area contributed by atoms with Gasteiger partial charge >= 0.3 is 0 Å². The van der Waals surface area contributed by atoms with Crippen LogP contribution in [0.5, 0.6) is 11.5 Å². The summed E-state index contributed by atoms with van der Waals surface area (Å²) in [6.45, 7) is 0. The van der Waals surface area contributed by atoms with Crippen LogP contribution in [0, 0.1) is 0 Å². The predicted molar refractivity (Wildman–Crippen MR) is 200 cm³/mol. The first-order valence-electron chi connectivity index (χ1n) is 16.7. The monoisotopic (exact) mass is 699 g/mol. The molecule has 0 saturated carbocycles. The predicted octanol–water partition coefficient (Wildman–Crippen LogP) is 5.11. The number of carbonyl (C=O) groups excluding carboxylic acids is 4. The Morgan fingerprint density at radius 1 is 0.596 bits per heavy atom. The number of anilines is 2. The highest BCUT2D eigenvalue weighted by Crippen LogP contribution is 2.21. The van der Waals surface area contributed by atoms with E-state index >= 15 is 0 Å². The maximum Gasteiger partial charge on any atom is 0.270 e. The second kappa shape index (κ2) is 17.4. The maximum absolute atomic E-state index is 13.8. The first-order chi connectivity index (χ1) is 25.2. The van der Waals surface area contributed by atoms with Crippen LogP contribution in [0.3, 0.4) is 0 Å². The first kappa shape index (κ1) is 36.8. The topological polar surface area (TPSA) is 130 Å². The van der Waals surface area contributed by atoms with Crippen LogP contribution in [-0.2, 0) is 22.4 Å². The molecule has 5 rings (SSSR count). The van der Waals surface area contributed by atoms with Gasteiger partial charge in [0.1, 0.15) is 29.3 Å². The van der Waals surface area contributed by atoms with Gasteiger partial charge in [-0.05, 0) is 71.8 Å². The summed E-state index contributed by atoms with van der Waals surface area (Å²) < 4.78 is 10.5. The summed E-state index contributed by atoms with van der Waals surface area (Å²) in [7, 11) is 6.40. The number of nitrogens with one attached hydrogen (secondary N) is 2. The van der Waals surface area contributed by atoms with Gasteiger partial charge in [-0.3, -0.25) is 24.2 Å². The zero-order valence-corrected chi connectivity index (χ0v) is 29.5. The summed E-state index contributed by atoms with van der Waals surface area (Å²) in [5.74, 6) is -0.588. The number of likely N-dealkylation sites (N-methyl/N-ethyl adjacent to an activating group) is 2. The van der Waals surface area contributed by atoms with Crippen molar-refractivity contribution < 1.29 is 28.7 Å². The molecule has 266 valence electrons. The fourth-order valence-corrected chi connectivity index (χ4v) is 5.60. The summed E-state index contributed by atoms with van der Waals surface area (Å²) in [6.07, 6.45) is 1.80. The average Bonchev–Trinajstić information content (AvgIpc) is 3.20. The second-order valence-electron chi connectivity index (χ2n) is 12.1. The molecule has 0 aliphatic rings. The van der Waals surface area contributed by atoms with Crippen molar-refractivity contribution in [2.24, 2.45) is 0 Å². The Morgan fingerprint density at radius 3 is 1.44 bits per heavy atom. The van der Waals surface area contributed by atoms with Gasteiger partial charge in [0.2, 0.25) is 11.8 Å². The lowest BCUT2D eigenvalue weighted by Crippen LogP contribution is -2.49.